The minimum atomic E-state index is -4.90. The quantitative estimate of drug-likeness (QED) is 0.350. The molecule has 0 radical (unpaired) electrons. The molecule has 3 aromatic rings. The number of alkyl halides is 3. The van der Waals surface area contributed by atoms with Crippen LogP contribution in [0.5, 0.6) is 0 Å². The zero-order valence-corrected chi connectivity index (χ0v) is 25.7. The second-order valence-electron chi connectivity index (χ2n) is 10.7. The van der Waals surface area contributed by atoms with Crippen LogP contribution in [0, 0.1) is 5.92 Å². The molecule has 42 heavy (non-hydrogen) atoms. The van der Waals surface area contributed by atoms with E-state index in [4.69, 9.17) is 0 Å². The highest BCUT2D eigenvalue weighted by Crippen LogP contribution is 2.39. The lowest BCUT2D eigenvalue weighted by Crippen LogP contribution is -2.59. The third-order valence-electron chi connectivity index (χ3n) is 7.04. The maximum atomic E-state index is 13.6. The molecule has 0 aliphatic carbocycles. The molecule has 0 saturated carbocycles. The lowest BCUT2D eigenvalue weighted by atomic mass is 9.95. The third kappa shape index (κ3) is 6.75. The van der Waals surface area contributed by atoms with Gasteiger partial charge in [-0.25, -0.2) is 16.8 Å². The highest BCUT2D eigenvalue weighted by atomic mass is 32.2. The maximum Gasteiger partial charge on any atom is 0.421 e. The number of anilines is 2. The van der Waals surface area contributed by atoms with Gasteiger partial charge >= 0.3 is 6.18 Å². The molecule has 1 aromatic carbocycles. The molecule has 0 amide bonds. The summed E-state index contributed by atoms with van der Waals surface area (Å²) in [5, 5.41) is 11.8. The number of rotatable bonds is 10. The molecule has 9 nitrogen and oxygen atoms in total. The van der Waals surface area contributed by atoms with Gasteiger partial charge < -0.3 is 10.0 Å². The van der Waals surface area contributed by atoms with Crippen LogP contribution in [0.1, 0.15) is 26.3 Å². The van der Waals surface area contributed by atoms with E-state index in [1.807, 2.05) is 0 Å². The van der Waals surface area contributed by atoms with Crippen molar-refractivity contribution in [3.05, 3.63) is 71.9 Å². The summed E-state index contributed by atoms with van der Waals surface area (Å²) >= 11 is 1.08. The first kappa shape index (κ1) is 32.2. The Bertz CT molecular complexity index is 1550. The number of benzene rings is 1. The molecule has 1 saturated heterocycles. The van der Waals surface area contributed by atoms with Gasteiger partial charge in [-0.3, -0.25) is 9.29 Å². The SMILES string of the molecule is CC(C)CS(=O)(=O)N(C[C@H]1CN(S(=O)(=O)c2cccs2)CCN1c1ccc(C(C)(O)C(F)(F)F)cc1)c1cccnc1. The van der Waals surface area contributed by atoms with Gasteiger partial charge in [-0.2, -0.15) is 17.5 Å². The van der Waals surface area contributed by atoms with Gasteiger partial charge in [0.25, 0.3) is 10.0 Å². The number of pyridine rings is 1. The summed E-state index contributed by atoms with van der Waals surface area (Å²) in [6, 6.07) is 10.8. The Hall–Kier alpha value is -2.72. The molecule has 1 aliphatic heterocycles. The number of nitrogens with zero attached hydrogens (tertiary/aromatic N) is 4. The van der Waals surface area contributed by atoms with E-state index in [9.17, 15) is 35.1 Å². The zero-order valence-electron chi connectivity index (χ0n) is 23.3. The average molecular weight is 647 g/mol. The van der Waals surface area contributed by atoms with Crippen LogP contribution in [0.25, 0.3) is 0 Å². The summed E-state index contributed by atoms with van der Waals surface area (Å²) in [5.74, 6) is -0.353. The van der Waals surface area contributed by atoms with Crippen molar-refractivity contribution in [2.75, 3.05) is 41.1 Å². The molecule has 4 rings (SSSR count). The van der Waals surface area contributed by atoms with Gasteiger partial charge in [0.15, 0.2) is 5.60 Å². The molecular weight excluding hydrogens is 614 g/mol. The smallest absolute Gasteiger partial charge is 0.376 e. The van der Waals surface area contributed by atoms with E-state index >= 15 is 0 Å². The highest BCUT2D eigenvalue weighted by Gasteiger charge is 2.51. The number of hydrogen-bond acceptors (Lipinski definition) is 8. The Kier molecular flexibility index (Phi) is 9.28. The first-order valence-electron chi connectivity index (χ1n) is 13.1. The van der Waals surface area contributed by atoms with E-state index in [0.29, 0.717) is 18.3 Å². The van der Waals surface area contributed by atoms with Crippen molar-refractivity contribution < 1.29 is 35.1 Å². The minimum absolute atomic E-state index is 0.0732. The molecule has 1 fully saturated rings. The van der Waals surface area contributed by atoms with Gasteiger partial charge in [-0.1, -0.05) is 32.0 Å². The van der Waals surface area contributed by atoms with Gasteiger partial charge in [0.1, 0.15) is 4.21 Å². The number of sulfonamides is 2. The van der Waals surface area contributed by atoms with Crippen LogP contribution in [0.15, 0.2) is 70.5 Å². The largest absolute Gasteiger partial charge is 0.421 e. The van der Waals surface area contributed by atoms with Crippen molar-refractivity contribution in [3.63, 3.8) is 0 Å². The highest BCUT2D eigenvalue weighted by molar-refractivity contribution is 7.92. The minimum Gasteiger partial charge on any atom is -0.376 e. The topological polar surface area (TPSA) is 111 Å². The number of aliphatic hydroxyl groups is 1. The Balaban J connectivity index is 1.74. The molecule has 230 valence electrons. The molecule has 15 heteroatoms. The van der Waals surface area contributed by atoms with Crippen molar-refractivity contribution >= 4 is 42.8 Å². The summed E-state index contributed by atoms with van der Waals surface area (Å²) < 4.78 is 97.0. The van der Waals surface area contributed by atoms with E-state index in [-0.39, 0.29) is 47.6 Å². The number of hydrogen-bond donors (Lipinski definition) is 1. The second-order valence-corrected chi connectivity index (χ2v) is 15.7. The van der Waals surface area contributed by atoms with E-state index in [1.165, 1.54) is 51.3 Å². The molecule has 1 aliphatic rings. The normalized spacial score (nSPS) is 18.7. The van der Waals surface area contributed by atoms with E-state index < -0.39 is 37.9 Å². The van der Waals surface area contributed by atoms with Crippen molar-refractivity contribution in [2.24, 2.45) is 5.92 Å². The summed E-state index contributed by atoms with van der Waals surface area (Å²) in [6.07, 6.45) is -1.97. The molecule has 0 spiro atoms. The van der Waals surface area contributed by atoms with Gasteiger partial charge in [0.2, 0.25) is 10.0 Å². The zero-order chi connectivity index (χ0) is 30.9. The molecular formula is C27H33F3N4O5S3. The Morgan fingerprint density at radius 3 is 2.31 bits per heavy atom. The van der Waals surface area contributed by atoms with E-state index in [1.54, 1.807) is 42.3 Å². The number of halogens is 3. The van der Waals surface area contributed by atoms with Crippen LogP contribution in [-0.2, 0) is 25.6 Å². The van der Waals surface area contributed by atoms with Gasteiger partial charge in [-0.15, -0.1) is 11.3 Å². The molecule has 2 atom stereocenters. The van der Waals surface area contributed by atoms with Crippen LogP contribution in [0.3, 0.4) is 0 Å². The van der Waals surface area contributed by atoms with Crippen molar-refractivity contribution in [1.29, 1.82) is 0 Å². The summed E-state index contributed by atoms with van der Waals surface area (Å²) in [7, 11) is -7.74. The summed E-state index contributed by atoms with van der Waals surface area (Å²) in [5.41, 5.74) is -2.65. The fraction of sp³-hybridized carbons (Fsp3) is 0.444. The predicted octanol–water partition coefficient (Wildman–Crippen LogP) is 4.28. The van der Waals surface area contributed by atoms with Crippen LogP contribution in [0.4, 0.5) is 24.5 Å². The number of piperazine rings is 1. The lowest BCUT2D eigenvalue weighted by Gasteiger charge is -2.44. The van der Waals surface area contributed by atoms with Gasteiger partial charge in [-0.05, 0) is 54.1 Å². The Labute approximate surface area is 248 Å². The van der Waals surface area contributed by atoms with Crippen LogP contribution in [-0.4, -0.2) is 75.4 Å². The van der Waals surface area contributed by atoms with E-state index in [0.717, 1.165) is 11.3 Å². The van der Waals surface area contributed by atoms with Crippen molar-refractivity contribution in [1.82, 2.24) is 9.29 Å². The van der Waals surface area contributed by atoms with Gasteiger partial charge in [0.05, 0.1) is 30.2 Å². The number of thiophene rings is 1. The maximum absolute atomic E-state index is 13.6. The summed E-state index contributed by atoms with van der Waals surface area (Å²) in [6.45, 7) is 4.23. The predicted molar refractivity (Wildman–Crippen MR) is 156 cm³/mol. The standard InChI is InChI=1S/C27H33F3N4O5S3/c1-20(2)19-41(36,37)34(23-6-4-12-31-16-23)18-24-17-32(42(38,39)25-7-5-15-40-25)13-14-33(24)22-10-8-21(9-11-22)26(3,35)27(28,29)30/h4-12,15-16,20,24,35H,13-14,17-19H2,1-3H3/t24-,26?/m1/s1. The van der Waals surface area contributed by atoms with Crippen molar-refractivity contribution in [3.8, 4) is 0 Å². The lowest BCUT2D eigenvalue weighted by molar-refractivity contribution is -0.258. The van der Waals surface area contributed by atoms with Crippen LogP contribution in [0.2, 0.25) is 0 Å². The summed E-state index contributed by atoms with van der Waals surface area (Å²) in [4.78, 5) is 5.86. The molecule has 1 unspecified atom stereocenters. The Morgan fingerprint density at radius 2 is 1.76 bits per heavy atom. The fourth-order valence-electron chi connectivity index (χ4n) is 4.80. The molecule has 1 N–H and O–H groups in total. The Morgan fingerprint density at radius 1 is 1.07 bits per heavy atom. The van der Waals surface area contributed by atoms with Crippen LogP contribution < -0.4 is 9.21 Å². The van der Waals surface area contributed by atoms with Crippen LogP contribution >= 0.6 is 11.3 Å². The molecule has 2 aromatic heterocycles. The molecule has 3 heterocycles. The fourth-order valence-corrected chi connectivity index (χ4v) is 9.27. The molecule has 0 bridgehead atoms. The van der Waals surface area contributed by atoms with Gasteiger partial charge in [0, 0.05) is 31.5 Å². The first-order chi connectivity index (χ1) is 19.5. The van der Waals surface area contributed by atoms with Crippen molar-refractivity contribution in [2.45, 2.75) is 42.8 Å². The second kappa shape index (κ2) is 12.1. The van der Waals surface area contributed by atoms with E-state index in [2.05, 4.69) is 4.98 Å². The average Bonchev–Trinajstić information content (AvgIpc) is 3.47. The first-order valence-corrected chi connectivity index (χ1v) is 17.1. The third-order valence-corrected chi connectivity index (χ3v) is 12.4. The number of aromatic nitrogens is 1. The monoisotopic (exact) mass is 646 g/mol.